The second kappa shape index (κ2) is 10.1. The molecule has 2 fully saturated rings. The Morgan fingerprint density at radius 2 is 2.06 bits per heavy atom. The Labute approximate surface area is 189 Å². The monoisotopic (exact) mass is 445 g/mol. The lowest BCUT2D eigenvalue weighted by Gasteiger charge is -2.40. The van der Waals surface area contributed by atoms with Gasteiger partial charge in [-0.15, -0.1) is 0 Å². The fourth-order valence-electron chi connectivity index (χ4n) is 4.68. The van der Waals surface area contributed by atoms with Crippen LogP contribution in [0.5, 0.6) is 5.75 Å². The van der Waals surface area contributed by atoms with E-state index in [1.54, 1.807) is 0 Å². The summed E-state index contributed by atoms with van der Waals surface area (Å²) in [6, 6.07) is 5.79. The molecule has 2 aliphatic heterocycles. The van der Waals surface area contributed by atoms with Crippen molar-refractivity contribution >= 4 is 22.8 Å². The third-order valence-corrected chi connectivity index (χ3v) is 6.73. The van der Waals surface area contributed by atoms with Gasteiger partial charge in [0.25, 0.3) is 0 Å². The summed E-state index contributed by atoms with van der Waals surface area (Å²) in [4.78, 5) is 14.3. The minimum absolute atomic E-state index is 0.438. The summed E-state index contributed by atoms with van der Waals surface area (Å²) < 4.78 is 16.9. The molecule has 2 aliphatic rings. The molecule has 0 bridgehead atoms. The van der Waals surface area contributed by atoms with Gasteiger partial charge >= 0.3 is 5.97 Å². The van der Waals surface area contributed by atoms with E-state index in [-0.39, 0.29) is 0 Å². The first-order valence-electron chi connectivity index (χ1n) is 11.8. The minimum atomic E-state index is -0.682. The molecular weight excluding hydrogens is 410 g/mol. The molecule has 0 aliphatic carbocycles. The molecule has 2 N–H and O–H groups in total. The van der Waals surface area contributed by atoms with E-state index in [4.69, 9.17) is 14.0 Å². The fraction of sp³-hybridized carbons (Fsp3) is 0.667. The first kappa shape index (κ1) is 22.9. The van der Waals surface area contributed by atoms with E-state index in [2.05, 4.69) is 29.2 Å². The van der Waals surface area contributed by atoms with Gasteiger partial charge in [-0.25, -0.2) is 0 Å². The van der Waals surface area contributed by atoms with Crippen LogP contribution in [0.1, 0.15) is 39.5 Å². The van der Waals surface area contributed by atoms with Crippen molar-refractivity contribution in [3.8, 4) is 5.75 Å². The van der Waals surface area contributed by atoms with Gasteiger partial charge in [0, 0.05) is 26.3 Å². The number of carbonyl (C=O) groups is 1. The van der Waals surface area contributed by atoms with Gasteiger partial charge in [-0.1, -0.05) is 25.1 Å². The molecule has 0 amide bonds. The van der Waals surface area contributed by atoms with Crippen LogP contribution in [0.25, 0.3) is 11.0 Å². The molecule has 8 heteroatoms. The summed E-state index contributed by atoms with van der Waals surface area (Å²) in [5.41, 5.74) is 0.0639. The van der Waals surface area contributed by atoms with Crippen LogP contribution >= 0.6 is 0 Å². The summed E-state index contributed by atoms with van der Waals surface area (Å²) in [5, 5.41) is 18.4. The number of nitrogens with zero attached hydrogens (tertiary/aromatic N) is 2. The number of ether oxygens (including phenoxy) is 2. The van der Waals surface area contributed by atoms with Crippen LogP contribution in [0.3, 0.4) is 0 Å². The highest BCUT2D eigenvalue weighted by atomic mass is 16.5. The summed E-state index contributed by atoms with van der Waals surface area (Å²) in [6.45, 7) is 9.26. The van der Waals surface area contributed by atoms with Gasteiger partial charge in [0.2, 0.25) is 0 Å². The Morgan fingerprint density at radius 1 is 1.31 bits per heavy atom. The average molecular weight is 446 g/mol. The number of nitrogens with one attached hydrogen (secondary N) is 1. The SMILES string of the molecule is CC(C)COc1cccc2onc(NCC3CCN(CC4(C(=O)O)CCOCC4)CC3)c12. The number of aromatic nitrogens is 1. The standard InChI is InChI=1S/C24H35N3O5/c1-17(2)15-31-19-4-3-5-20-21(19)22(26-32-20)25-14-18-6-10-27(11-7-18)16-24(23(28)29)8-12-30-13-9-24/h3-5,17-18H,6-16H2,1-2H3,(H,25,26)(H,28,29). The van der Waals surface area contributed by atoms with E-state index in [0.717, 1.165) is 55.0 Å². The largest absolute Gasteiger partial charge is 0.492 e. The zero-order valence-electron chi connectivity index (χ0n) is 19.1. The summed E-state index contributed by atoms with van der Waals surface area (Å²) in [5.74, 6) is 1.79. The first-order valence-corrected chi connectivity index (χ1v) is 11.8. The maximum absolute atomic E-state index is 11.9. The molecule has 32 heavy (non-hydrogen) atoms. The van der Waals surface area contributed by atoms with Crippen molar-refractivity contribution in [2.45, 2.75) is 39.5 Å². The van der Waals surface area contributed by atoms with E-state index >= 15 is 0 Å². The minimum Gasteiger partial charge on any atom is -0.492 e. The number of hydrogen-bond acceptors (Lipinski definition) is 7. The molecule has 3 heterocycles. The summed E-state index contributed by atoms with van der Waals surface area (Å²) in [7, 11) is 0. The normalized spacial score (nSPS) is 20.0. The second-order valence-electron chi connectivity index (χ2n) is 9.66. The van der Waals surface area contributed by atoms with Gasteiger partial charge in [-0.05, 0) is 62.7 Å². The van der Waals surface area contributed by atoms with Crippen LogP contribution in [0.15, 0.2) is 22.7 Å². The number of piperidine rings is 1. The van der Waals surface area contributed by atoms with E-state index in [9.17, 15) is 9.90 Å². The highest BCUT2D eigenvalue weighted by molar-refractivity contribution is 5.93. The topological polar surface area (TPSA) is 97.1 Å². The molecule has 0 unspecified atom stereocenters. The number of benzene rings is 1. The van der Waals surface area contributed by atoms with Gasteiger partial charge in [0.05, 0.1) is 12.0 Å². The highest BCUT2D eigenvalue weighted by Crippen LogP contribution is 2.35. The molecule has 1 aromatic heterocycles. The van der Waals surface area contributed by atoms with Gasteiger partial charge in [0.1, 0.15) is 11.1 Å². The number of fused-ring (bicyclic) bond motifs is 1. The Morgan fingerprint density at radius 3 is 2.75 bits per heavy atom. The van der Waals surface area contributed by atoms with Crippen LogP contribution in [-0.2, 0) is 9.53 Å². The van der Waals surface area contributed by atoms with E-state index in [1.165, 1.54) is 0 Å². The van der Waals surface area contributed by atoms with Crippen molar-refractivity contribution < 1.29 is 23.9 Å². The van der Waals surface area contributed by atoms with Crippen LogP contribution in [-0.4, -0.2) is 67.1 Å². The molecule has 2 saturated heterocycles. The molecule has 1 aromatic carbocycles. The van der Waals surface area contributed by atoms with Gasteiger partial charge in [-0.2, -0.15) is 0 Å². The van der Waals surface area contributed by atoms with Crippen molar-refractivity contribution in [3.63, 3.8) is 0 Å². The zero-order valence-corrected chi connectivity index (χ0v) is 19.1. The Hall–Kier alpha value is -2.32. The number of rotatable bonds is 9. The third kappa shape index (κ3) is 5.18. The molecule has 0 spiro atoms. The number of likely N-dealkylation sites (tertiary alicyclic amines) is 1. The fourth-order valence-corrected chi connectivity index (χ4v) is 4.68. The molecule has 176 valence electrons. The van der Waals surface area contributed by atoms with Gasteiger partial charge in [0.15, 0.2) is 11.4 Å². The van der Waals surface area contributed by atoms with Crippen molar-refractivity contribution in [2.75, 3.05) is 51.3 Å². The molecule has 0 atom stereocenters. The third-order valence-electron chi connectivity index (χ3n) is 6.73. The van der Waals surface area contributed by atoms with Crippen molar-refractivity contribution in [1.29, 1.82) is 0 Å². The predicted octanol–water partition coefficient (Wildman–Crippen LogP) is 3.87. The predicted molar refractivity (Wildman–Crippen MR) is 122 cm³/mol. The highest BCUT2D eigenvalue weighted by Gasteiger charge is 2.42. The number of carboxylic acid groups (broad SMARTS) is 1. The second-order valence-corrected chi connectivity index (χ2v) is 9.66. The van der Waals surface area contributed by atoms with Crippen LogP contribution in [0.4, 0.5) is 5.82 Å². The van der Waals surface area contributed by atoms with E-state index in [0.29, 0.717) is 51.0 Å². The lowest BCUT2D eigenvalue weighted by atomic mass is 9.79. The Bertz CT molecular complexity index is 898. The van der Waals surface area contributed by atoms with E-state index < -0.39 is 11.4 Å². The molecular formula is C24H35N3O5. The number of aliphatic carboxylic acids is 1. The van der Waals surface area contributed by atoms with Gasteiger partial charge < -0.3 is 29.3 Å². The maximum Gasteiger partial charge on any atom is 0.311 e. The first-order chi connectivity index (χ1) is 15.5. The van der Waals surface area contributed by atoms with Crippen molar-refractivity contribution in [3.05, 3.63) is 18.2 Å². The molecule has 4 rings (SSSR count). The van der Waals surface area contributed by atoms with Crippen molar-refractivity contribution in [1.82, 2.24) is 10.1 Å². The van der Waals surface area contributed by atoms with Gasteiger partial charge in [-0.3, -0.25) is 4.79 Å². The van der Waals surface area contributed by atoms with E-state index in [1.807, 2.05) is 18.2 Å². The van der Waals surface area contributed by atoms with Crippen LogP contribution in [0, 0.1) is 17.3 Å². The summed E-state index contributed by atoms with van der Waals surface area (Å²) in [6.07, 6.45) is 3.27. The molecule has 0 saturated carbocycles. The number of hydrogen-bond donors (Lipinski definition) is 2. The number of anilines is 1. The Kier molecular flexibility index (Phi) is 7.20. The lowest BCUT2D eigenvalue weighted by molar-refractivity contribution is -0.157. The quantitative estimate of drug-likeness (QED) is 0.600. The number of carboxylic acids is 1. The van der Waals surface area contributed by atoms with Crippen LogP contribution in [0.2, 0.25) is 0 Å². The lowest BCUT2D eigenvalue weighted by Crippen LogP contribution is -2.49. The molecule has 0 radical (unpaired) electrons. The maximum atomic E-state index is 11.9. The molecule has 8 nitrogen and oxygen atoms in total. The zero-order chi connectivity index (χ0) is 22.6. The smallest absolute Gasteiger partial charge is 0.311 e. The average Bonchev–Trinajstić information content (AvgIpc) is 3.21. The summed E-state index contributed by atoms with van der Waals surface area (Å²) >= 11 is 0. The Balaban J connectivity index is 1.31. The van der Waals surface area contributed by atoms with Crippen molar-refractivity contribution in [2.24, 2.45) is 17.3 Å². The molecule has 2 aromatic rings. The van der Waals surface area contributed by atoms with Crippen LogP contribution < -0.4 is 10.1 Å².